The molecule has 0 atom stereocenters. The Kier molecular flexibility index (Phi) is 3.22. The average Bonchev–Trinajstić information content (AvgIpc) is 2.22. The van der Waals surface area contributed by atoms with E-state index in [-0.39, 0.29) is 12.8 Å². The minimum absolute atomic E-state index is 0.101. The molecule has 0 spiro atoms. The van der Waals surface area contributed by atoms with Gasteiger partial charge < -0.3 is 5.73 Å². The van der Waals surface area contributed by atoms with Gasteiger partial charge in [0.1, 0.15) is 0 Å². The first-order valence-electron chi connectivity index (χ1n) is 6.49. The lowest BCUT2D eigenvalue weighted by Gasteiger charge is -2.39. The lowest BCUT2D eigenvalue weighted by atomic mass is 9.73. The zero-order valence-corrected chi connectivity index (χ0v) is 11.3. The van der Waals surface area contributed by atoms with Gasteiger partial charge in [0, 0.05) is 18.4 Å². The second-order valence-corrected chi connectivity index (χ2v) is 5.79. The Labute approximate surface area is 107 Å². The van der Waals surface area contributed by atoms with Crippen LogP contribution in [0.25, 0.3) is 0 Å². The van der Waals surface area contributed by atoms with Gasteiger partial charge in [-0.25, -0.2) is 8.78 Å². The van der Waals surface area contributed by atoms with E-state index in [9.17, 15) is 8.78 Å². The molecule has 1 aromatic carbocycles. The number of halogens is 2. The number of nitrogens with two attached hydrogens (primary N) is 1. The molecule has 18 heavy (non-hydrogen) atoms. The van der Waals surface area contributed by atoms with Gasteiger partial charge in [0.15, 0.2) is 0 Å². The second-order valence-electron chi connectivity index (χ2n) is 5.79. The van der Waals surface area contributed by atoms with Crippen LogP contribution in [-0.2, 0) is 5.54 Å². The number of alkyl halides is 2. The smallest absolute Gasteiger partial charge is 0.248 e. The standard InChI is InChI=1S/C15H21F2N/c1-10-8-11(2)13(12(3)9-10)14(18)4-6-15(16,17)7-5-14/h8-9H,4-7,18H2,1-3H3. The Hall–Kier alpha value is -0.960. The zero-order valence-electron chi connectivity index (χ0n) is 11.3. The van der Waals surface area contributed by atoms with Crippen LogP contribution in [0.4, 0.5) is 8.78 Å². The highest BCUT2D eigenvalue weighted by atomic mass is 19.3. The Bertz CT molecular complexity index is 433. The van der Waals surface area contributed by atoms with Crippen molar-refractivity contribution in [3.63, 3.8) is 0 Å². The minimum atomic E-state index is -2.53. The van der Waals surface area contributed by atoms with Gasteiger partial charge in [-0.3, -0.25) is 0 Å². The third kappa shape index (κ3) is 2.41. The second kappa shape index (κ2) is 4.30. The first kappa shape index (κ1) is 13.5. The van der Waals surface area contributed by atoms with Gasteiger partial charge >= 0.3 is 0 Å². The van der Waals surface area contributed by atoms with E-state index < -0.39 is 11.5 Å². The van der Waals surface area contributed by atoms with E-state index in [1.54, 1.807) is 0 Å². The highest BCUT2D eigenvalue weighted by molar-refractivity contribution is 5.42. The average molecular weight is 253 g/mol. The summed E-state index contributed by atoms with van der Waals surface area (Å²) in [6, 6.07) is 4.17. The molecule has 0 amide bonds. The van der Waals surface area contributed by atoms with Crippen LogP contribution in [0.2, 0.25) is 0 Å². The van der Waals surface area contributed by atoms with E-state index in [1.165, 1.54) is 5.56 Å². The molecule has 2 N–H and O–H groups in total. The molecular formula is C15H21F2N. The fourth-order valence-electron chi connectivity index (χ4n) is 3.28. The summed E-state index contributed by atoms with van der Waals surface area (Å²) < 4.78 is 26.5. The molecule has 0 saturated heterocycles. The number of hydrogen-bond donors (Lipinski definition) is 1. The predicted molar refractivity (Wildman–Crippen MR) is 69.9 cm³/mol. The van der Waals surface area contributed by atoms with Crippen LogP contribution in [0.15, 0.2) is 12.1 Å². The van der Waals surface area contributed by atoms with Crippen molar-refractivity contribution in [3.8, 4) is 0 Å². The van der Waals surface area contributed by atoms with Crippen molar-refractivity contribution in [3.05, 3.63) is 34.4 Å². The zero-order chi connectivity index (χ0) is 13.6. The number of rotatable bonds is 1. The van der Waals surface area contributed by atoms with Gasteiger partial charge in [0.2, 0.25) is 5.92 Å². The summed E-state index contributed by atoms with van der Waals surface area (Å²) in [5.41, 5.74) is 10.4. The maximum absolute atomic E-state index is 13.3. The van der Waals surface area contributed by atoms with Gasteiger partial charge in [-0.05, 0) is 50.3 Å². The molecule has 1 nitrogen and oxygen atoms in total. The minimum Gasteiger partial charge on any atom is -0.321 e. The van der Waals surface area contributed by atoms with Crippen molar-refractivity contribution in [2.45, 2.75) is 57.9 Å². The molecule has 2 rings (SSSR count). The highest BCUT2D eigenvalue weighted by Gasteiger charge is 2.43. The van der Waals surface area contributed by atoms with Crippen molar-refractivity contribution < 1.29 is 8.78 Å². The maximum atomic E-state index is 13.3. The Morgan fingerprint density at radius 2 is 1.39 bits per heavy atom. The largest absolute Gasteiger partial charge is 0.321 e. The van der Waals surface area contributed by atoms with Crippen LogP contribution in [-0.4, -0.2) is 5.92 Å². The maximum Gasteiger partial charge on any atom is 0.248 e. The Balaban J connectivity index is 2.37. The number of hydrogen-bond acceptors (Lipinski definition) is 1. The molecule has 100 valence electrons. The first-order valence-corrected chi connectivity index (χ1v) is 6.49. The van der Waals surface area contributed by atoms with Crippen molar-refractivity contribution in [1.82, 2.24) is 0 Å². The summed E-state index contributed by atoms with van der Waals surface area (Å²) in [5.74, 6) is -2.53. The van der Waals surface area contributed by atoms with Crippen LogP contribution in [0.1, 0.15) is 47.9 Å². The molecule has 0 unspecified atom stereocenters. The fraction of sp³-hybridized carbons (Fsp3) is 0.600. The van der Waals surface area contributed by atoms with Crippen molar-refractivity contribution in [1.29, 1.82) is 0 Å². The van der Waals surface area contributed by atoms with Crippen LogP contribution in [0, 0.1) is 20.8 Å². The molecule has 0 heterocycles. The summed E-state index contributed by atoms with van der Waals surface area (Å²) in [6.45, 7) is 6.09. The van der Waals surface area contributed by atoms with E-state index in [4.69, 9.17) is 5.73 Å². The molecule has 1 aliphatic carbocycles. The molecule has 0 radical (unpaired) electrons. The van der Waals surface area contributed by atoms with E-state index in [0.29, 0.717) is 12.8 Å². The lowest BCUT2D eigenvalue weighted by molar-refractivity contribution is -0.0515. The van der Waals surface area contributed by atoms with Crippen molar-refractivity contribution in [2.75, 3.05) is 0 Å². The third-order valence-electron chi connectivity index (χ3n) is 4.05. The van der Waals surface area contributed by atoms with Crippen molar-refractivity contribution >= 4 is 0 Å². The van der Waals surface area contributed by atoms with Gasteiger partial charge in [-0.15, -0.1) is 0 Å². The molecule has 0 bridgehead atoms. The molecule has 1 saturated carbocycles. The fourth-order valence-corrected chi connectivity index (χ4v) is 3.28. The summed E-state index contributed by atoms with van der Waals surface area (Å²) in [4.78, 5) is 0. The van der Waals surface area contributed by atoms with Crippen LogP contribution >= 0.6 is 0 Å². The van der Waals surface area contributed by atoms with E-state index in [1.807, 2.05) is 20.8 Å². The summed E-state index contributed by atoms with van der Waals surface area (Å²) in [6.07, 6.45) is 0.530. The summed E-state index contributed by atoms with van der Waals surface area (Å²) >= 11 is 0. The topological polar surface area (TPSA) is 26.0 Å². The Morgan fingerprint density at radius 1 is 0.944 bits per heavy atom. The molecule has 1 fully saturated rings. The molecule has 0 aromatic heterocycles. The normalized spacial score (nSPS) is 21.9. The number of aryl methyl sites for hydroxylation is 3. The van der Waals surface area contributed by atoms with Gasteiger partial charge in [-0.1, -0.05) is 17.7 Å². The molecule has 1 aliphatic rings. The van der Waals surface area contributed by atoms with Gasteiger partial charge in [0.05, 0.1) is 0 Å². The SMILES string of the molecule is Cc1cc(C)c(C2(N)CCC(F)(F)CC2)c(C)c1. The monoisotopic (exact) mass is 253 g/mol. The van der Waals surface area contributed by atoms with E-state index in [0.717, 1.165) is 16.7 Å². The molecule has 0 aliphatic heterocycles. The first-order chi connectivity index (χ1) is 8.23. The quantitative estimate of drug-likeness (QED) is 0.805. The highest BCUT2D eigenvalue weighted by Crippen LogP contribution is 2.44. The lowest BCUT2D eigenvalue weighted by Crippen LogP contribution is -2.44. The van der Waals surface area contributed by atoms with Crippen LogP contribution in [0.5, 0.6) is 0 Å². The molecule has 1 aromatic rings. The van der Waals surface area contributed by atoms with Crippen LogP contribution < -0.4 is 5.73 Å². The summed E-state index contributed by atoms with van der Waals surface area (Å²) in [5, 5.41) is 0. The van der Waals surface area contributed by atoms with Crippen LogP contribution in [0.3, 0.4) is 0 Å². The molecule has 3 heteroatoms. The van der Waals surface area contributed by atoms with Crippen molar-refractivity contribution in [2.24, 2.45) is 5.73 Å². The third-order valence-corrected chi connectivity index (χ3v) is 4.05. The molecular weight excluding hydrogens is 232 g/mol. The van der Waals surface area contributed by atoms with Gasteiger partial charge in [-0.2, -0.15) is 0 Å². The Morgan fingerprint density at radius 3 is 1.83 bits per heavy atom. The summed E-state index contributed by atoms with van der Waals surface area (Å²) in [7, 11) is 0. The van der Waals surface area contributed by atoms with E-state index >= 15 is 0 Å². The van der Waals surface area contributed by atoms with Gasteiger partial charge in [0.25, 0.3) is 0 Å². The van der Waals surface area contributed by atoms with E-state index in [2.05, 4.69) is 12.1 Å². The number of benzene rings is 1. The predicted octanol–water partition coefficient (Wildman–Crippen LogP) is 3.98.